The highest BCUT2D eigenvalue weighted by atomic mass is 16.2. The van der Waals surface area contributed by atoms with Gasteiger partial charge in [0.15, 0.2) is 0 Å². The van der Waals surface area contributed by atoms with Gasteiger partial charge in [-0.05, 0) is 30.5 Å². The van der Waals surface area contributed by atoms with Crippen LogP contribution in [0.2, 0.25) is 0 Å². The van der Waals surface area contributed by atoms with Crippen LogP contribution >= 0.6 is 0 Å². The molecule has 1 atom stereocenters. The second kappa shape index (κ2) is 4.81. The predicted molar refractivity (Wildman–Crippen MR) is 83.2 cm³/mol. The van der Waals surface area contributed by atoms with Crippen molar-refractivity contribution in [3.05, 3.63) is 77.4 Å². The number of ketones is 2. The highest BCUT2D eigenvalue weighted by Crippen LogP contribution is 2.41. The minimum Gasteiger partial charge on any atom is -0.289 e. The summed E-state index contributed by atoms with van der Waals surface area (Å²) in [6.07, 6.45) is 1.90. The molecule has 2 heteroatoms. The Balaban J connectivity index is 2.05. The molecule has 3 rings (SSSR count). The van der Waals surface area contributed by atoms with E-state index in [1.54, 1.807) is 24.3 Å². The van der Waals surface area contributed by atoms with Crippen molar-refractivity contribution in [3.63, 3.8) is 0 Å². The molecule has 0 heterocycles. The molecule has 0 saturated carbocycles. The number of rotatable bonds is 3. The fraction of sp³-hybridized carbons (Fsp3) is 0.158. The minimum absolute atomic E-state index is 0.377. The largest absolute Gasteiger partial charge is 0.289 e. The highest BCUT2D eigenvalue weighted by molar-refractivity contribution is 6.47. The molecule has 1 unspecified atom stereocenters. The number of carbonyl (C=O) groups excluding carboxylic acids is 2. The summed E-state index contributed by atoms with van der Waals surface area (Å²) >= 11 is 0. The second-order valence-electron chi connectivity index (χ2n) is 5.60. The Labute approximate surface area is 124 Å². The van der Waals surface area contributed by atoms with Gasteiger partial charge in [0.05, 0.1) is 5.41 Å². The van der Waals surface area contributed by atoms with Gasteiger partial charge in [0.2, 0.25) is 11.6 Å². The summed E-state index contributed by atoms with van der Waals surface area (Å²) in [6, 6.07) is 16.5. The van der Waals surface area contributed by atoms with Crippen LogP contribution in [0.3, 0.4) is 0 Å². The lowest BCUT2D eigenvalue weighted by atomic mass is 9.78. The van der Waals surface area contributed by atoms with E-state index >= 15 is 0 Å². The van der Waals surface area contributed by atoms with Gasteiger partial charge in [0, 0.05) is 5.56 Å². The molecule has 0 saturated heterocycles. The van der Waals surface area contributed by atoms with E-state index in [1.165, 1.54) is 0 Å². The van der Waals surface area contributed by atoms with Gasteiger partial charge in [-0.25, -0.2) is 0 Å². The molecule has 0 aromatic heterocycles. The van der Waals surface area contributed by atoms with Gasteiger partial charge in [-0.15, -0.1) is 0 Å². The third-order valence-electron chi connectivity index (χ3n) is 4.13. The van der Waals surface area contributed by atoms with E-state index in [1.807, 2.05) is 50.3 Å². The van der Waals surface area contributed by atoms with E-state index in [2.05, 4.69) is 0 Å². The van der Waals surface area contributed by atoms with E-state index in [-0.39, 0.29) is 5.78 Å². The normalized spacial score (nSPS) is 19.8. The van der Waals surface area contributed by atoms with Crippen molar-refractivity contribution in [1.82, 2.24) is 0 Å². The van der Waals surface area contributed by atoms with Gasteiger partial charge in [-0.3, -0.25) is 9.59 Å². The Bertz CT molecular complexity index is 756. The Morgan fingerprint density at radius 3 is 2.24 bits per heavy atom. The smallest absolute Gasteiger partial charge is 0.229 e. The first kappa shape index (κ1) is 13.5. The van der Waals surface area contributed by atoms with Crippen LogP contribution in [0.15, 0.2) is 60.7 Å². The van der Waals surface area contributed by atoms with Crippen molar-refractivity contribution in [2.75, 3.05) is 0 Å². The monoisotopic (exact) mass is 276 g/mol. The molecule has 0 fully saturated rings. The Morgan fingerprint density at radius 2 is 1.52 bits per heavy atom. The number of carbonyl (C=O) groups is 2. The summed E-state index contributed by atoms with van der Waals surface area (Å²) in [5, 5.41) is 0. The second-order valence-corrected chi connectivity index (χ2v) is 5.60. The Kier molecular flexibility index (Phi) is 3.09. The highest BCUT2D eigenvalue weighted by Gasteiger charge is 2.42. The third-order valence-corrected chi connectivity index (χ3v) is 4.13. The van der Waals surface area contributed by atoms with Gasteiger partial charge in [0.1, 0.15) is 0 Å². The van der Waals surface area contributed by atoms with Gasteiger partial charge in [0.25, 0.3) is 0 Å². The average Bonchev–Trinajstić information content (AvgIpc) is 2.80. The standard InChI is InChI=1S/C19H16O2/c1-13-12-19(2,16-11-7-6-10-15(13)16)18(21)17(20)14-8-4-3-5-9-14/h3-12H,1-2H3. The quantitative estimate of drug-likeness (QED) is 0.631. The molecule has 0 bridgehead atoms. The summed E-state index contributed by atoms with van der Waals surface area (Å²) in [6.45, 7) is 3.80. The van der Waals surface area contributed by atoms with E-state index in [4.69, 9.17) is 0 Å². The molecular weight excluding hydrogens is 260 g/mol. The Hall–Kier alpha value is -2.48. The van der Waals surface area contributed by atoms with Crippen LogP contribution in [0.4, 0.5) is 0 Å². The fourth-order valence-electron chi connectivity index (χ4n) is 3.01. The summed E-state index contributed by atoms with van der Waals surface area (Å²) in [7, 11) is 0. The number of fused-ring (bicyclic) bond motifs is 1. The summed E-state index contributed by atoms with van der Waals surface area (Å²) in [5.74, 6) is -0.808. The SMILES string of the molecule is CC1=CC(C)(C(=O)C(=O)c2ccccc2)c2ccccc21. The molecule has 0 spiro atoms. The maximum Gasteiger partial charge on any atom is 0.229 e. The van der Waals surface area contributed by atoms with Crippen LogP contribution in [-0.4, -0.2) is 11.6 Å². The topological polar surface area (TPSA) is 34.1 Å². The zero-order chi connectivity index (χ0) is 15.0. The Morgan fingerprint density at radius 1 is 0.905 bits per heavy atom. The van der Waals surface area contributed by atoms with Crippen LogP contribution in [0.5, 0.6) is 0 Å². The summed E-state index contributed by atoms with van der Waals surface area (Å²) in [5.41, 5.74) is 2.58. The van der Waals surface area contributed by atoms with Crippen molar-refractivity contribution in [2.24, 2.45) is 0 Å². The van der Waals surface area contributed by atoms with Crippen LogP contribution in [0, 0.1) is 0 Å². The lowest BCUT2D eigenvalue weighted by molar-refractivity contribution is -0.118. The minimum atomic E-state index is -0.867. The third kappa shape index (κ3) is 2.04. The van der Waals surface area contributed by atoms with Crippen LogP contribution in [0.25, 0.3) is 5.57 Å². The molecule has 1 aliphatic carbocycles. The van der Waals surface area contributed by atoms with Crippen LogP contribution in [0.1, 0.15) is 35.3 Å². The van der Waals surface area contributed by atoms with Crippen molar-refractivity contribution < 1.29 is 9.59 Å². The van der Waals surface area contributed by atoms with Crippen LogP contribution < -0.4 is 0 Å². The van der Waals surface area contributed by atoms with Gasteiger partial charge < -0.3 is 0 Å². The van der Waals surface area contributed by atoms with E-state index < -0.39 is 11.2 Å². The maximum absolute atomic E-state index is 12.8. The first-order chi connectivity index (χ1) is 10.0. The molecular formula is C19H16O2. The maximum atomic E-state index is 12.8. The molecule has 1 aliphatic rings. The lowest BCUT2D eigenvalue weighted by Gasteiger charge is -2.21. The molecule has 0 amide bonds. The molecule has 104 valence electrons. The fourth-order valence-corrected chi connectivity index (χ4v) is 3.01. The van der Waals surface area contributed by atoms with Crippen LogP contribution in [-0.2, 0) is 10.2 Å². The lowest BCUT2D eigenvalue weighted by Crippen LogP contribution is -2.35. The average molecular weight is 276 g/mol. The molecule has 0 N–H and O–H groups in total. The van der Waals surface area contributed by atoms with Gasteiger partial charge >= 0.3 is 0 Å². The van der Waals surface area contributed by atoms with Gasteiger partial charge in [-0.2, -0.15) is 0 Å². The van der Waals surface area contributed by atoms with E-state index in [0.29, 0.717) is 5.56 Å². The van der Waals surface area contributed by atoms with Crippen molar-refractivity contribution in [3.8, 4) is 0 Å². The first-order valence-electron chi connectivity index (χ1n) is 6.97. The number of Topliss-reactive ketones (excluding diaryl/α,β-unsaturated/α-hetero) is 2. The van der Waals surface area contributed by atoms with Crippen molar-refractivity contribution >= 4 is 17.1 Å². The van der Waals surface area contributed by atoms with Crippen molar-refractivity contribution in [2.45, 2.75) is 19.3 Å². The zero-order valence-electron chi connectivity index (χ0n) is 12.1. The van der Waals surface area contributed by atoms with Crippen molar-refractivity contribution in [1.29, 1.82) is 0 Å². The molecule has 0 aliphatic heterocycles. The number of hydrogen-bond acceptors (Lipinski definition) is 2. The predicted octanol–water partition coefficient (Wildman–Crippen LogP) is 3.81. The zero-order valence-corrected chi connectivity index (χ0v) is 12.1. The molecule has 2 aromatic rings. The molecule has 2 nitrogen and oxygen atoms in total. The summed E-state index contributed by atoms with van der Waals surface area (Å²) in [4.78, 5) is 25.3. The van der Waals surface area contributed by atoms with E-state index in [9.17, 15) is 9.59 Å². The first-order valence-corrected chi connectivity index (χ1v) is 6.97. The number of hydrogen-bond donors (Lipinski definition) is 0. The van der Waals surface area contributed by atoms with E-state index in [0.717, 1.165) is 16.7 Å². The molecule has 2 aromatic carbocycles. The number of allylic oxidation sites excluding steroid dienone is 2. The van der Waals surface area contributed by atoms with Gasteiger partial charge in [-0.1, -0.05) is 60.7 Å². The number of benzene rings is 2. The summed E-state index contributed by atoms with van der Waals surface area (Å²) < 4.78 is 0. The molecule has 21 heavy (non-hydrogen) atoms. The molecule has 0 radical (unpaired) electrons.